The fourth-order valence-corrected chi connectivity index (χ4v) is 2.98. The van der Waals surface area contributed by atoms with E-state index in [0.29, 0.717) is 19.4 Å². The highest BCUT2D eigenvalue weighted by molar-refractivity contribution is 5.41. The predicted octanol–water partition coefficient (Wildman–Crippen LogP) is 2.80. The minimum absolute atomic E-state index is 0.268. The molecule has 1 aromatic carbocycles. The summed E-state index contributed by atoms with van der Waals surface area (Å²) in [6.45, 7) is 2.13. The molecule has 0 bridgehead atoms. The van der Waals surface area contributed by atoms with E-state index in [0.717, 1.165) is 17.7 Å². The maximum atomic E-state index is 14.1. The fourth-order valence-electron chi connectivity index (χ4n) is 2.98. The van der Waals surface area contributed by atoms with Crippen LogP contribution in [0.1, 0.15) is 31.7 Å². The Morgan fingerprint density at radius 2 is 2.06 bits per heavy atom. The smallest absolute Gasteiger partial charge is 0.122 e. The molecule has 2 rings (SSSR count). The van der Waals surface area contributed by atoms with Crippen LogP contribution in [0.2, 0.25) is 0 Å². The van der Waals surface area contributed by atoms with Gasteiger partial charge in [-0.15, -0.1) is 0 Å². The lowest BCUT2D eigenvalue weighted by Gasteiger charge is -2.30. The first-order valence-corrected chi connectivity index (χ1v) is 6.05. The van der Waals surface area contributed by atoms with E-state index in [1.54, 1.807) is 14.0 Å². The summed E-state index contributed by atoms with van der Waals surface area (Å²) in [6, 6.07) is 7.81. The van der Waals surface area contributed by atoms with Gasteiger partial charge < -0.3 is 10.5 Å². The van der Waals surface area contributed by atoms with Gasteiger partial charge in [-0.2, -0.15) is 0 Å². The van der Waals surface area contributed by atoms with E-state index in [9.17, 15) is 4.39 Å². The number of para-hydroxylation sites is 1. The molecule has 1 saturated carbocycles. The Morgan fingerprint density at radius 1 is 1.35 bits per heavy atom. The van der Waals surface area contributed by atoms with Crippen LogP contribution in [0.5, 0.6) is 5.75 Å². The monoisotopic (exact) mass is 237 g/mol. The van der Waals surface area contributed by atoms with Crippen molar-refractivity contribution >= 4 is 0 Å². The molecule has 3 heteroatoms. The van der Waals surface area contributed by atoms with E-state index in [2.05, 4.69) is 0 Å². The Kier molecular flexibility index (Phi) is 3.13. The van der Waals surface area contributed by atoms with Crippen LogP contribution < -0.4 is 10.5 Å². The van der Waals surface area contributed by atoms with Crippen molar-refractivity contribution in [3.05, 3.63) is 29.8 Å². The number of nitrogens with two attached hydrogens (primary N) is 1. The van der Waals surface area contributed by atoms with E-state index in [1.807, 2.05) is 24.3 Å². The van der Waals surface area contributed by atoms with Gasteiger partial charge >= 0.3 is 0 Å². The molecular formula is C14H20FNO. The van der Waals surface area contributed by atoms with E-state index < -0.39 is 5.67 Å². The van der Waals surface area contributed by atoms with E-state index in [-0.39, 0.29) is 5.41 Å². The van der Waals surface area contributed by atoms with Gasteiger partial charge in [-0.25, -0.2) is 4.39 Å². The number of hydrogen-bond donors (Lipinski definition) is 1. The molecule has 2 N–H and O–H groups in total. The highest BCUT2D eigenvalue weighted by atomic mass is 19.1. The third kappa shape index (κ3) is 2.16. The molecule has 94 valence electrons. The lowest BCUT2D eigenvalue weighted by Crippen LogP contribution is -2.34. The highest BCUT2D eigenvalue weighted by Gasteiger charge is 2.47. The Morgan fingerprint density at radius 3 is 2.59 bits per heavy atom. The van der Waals surface area contributed by atoms with Gasteiger partial charge in [0, 0.05) is 17.5 Å². The van der Waals surface area contributed by atoms with Crippen LogP contribution in [0.15, 0.2) is 24.3 Å². The van der Waals surface area contributed by atoms with Gasteiger partial charge in [0.1, 0.15) is 11.4 Å². The number of halogens is 1. The van der Waals surface area contributed by atoms with E-state index in [4.69, 9.17) is 10.5 Å². The minimum Gasteiger partial charge on any atom is -0.496 e. The van der Waals surface area contributed by atoms with Crippen LogP contribution in [-0.4, -0.2) is 19.3 Å². The zero-order valence-corrected chi connectivity index (χ0v) is 10.5. The Bertz CT molecular complexity index is 405. The Hall–Kier alpha value is -1.09. The van der Waals surface area contributed by atoms with Gasteiger partial charge in [-0.3, -0.25) is 0 Å². The van der Waals surface area contributed by atoms with Crippen molar-refractivity contribution in [1.82, 2.24) is 0 Å². The molecule has 2 atom stereocenters. The van der Waals surface area contributed by atoms with Crippen LogP contribution in [0.4, 0.5) is 4.39 Å². The highest BCUT2D eigenvalue weighted by Crippen LogP contribution is 2.49. The van der Waals surface area contributed by atoms with E-state index in [1.165, 1.54) is 0 Å². The molecule has 0 aliphatic heterocycles. The van der Waals surface area contributed by atoms with Gasteiger partial charge in [-0.05, 0) is 32.3 Å². The summed E-state index contributed by atoms with van der Waals surface area (Å²) in [6.07, 6.45) is 1.84. The molecular weight excluding hydrogens is 217 g/mol. The second-order valence-electron chi connectivity index (χ2n) is 5.27. The largest absolute Gasteiger partial charge is 0.496 e. The van der Waals surface area contributed by atoms with Gasteiger partial charge in [0.2, 0.25) is 0 Å². The van der Waals surface area contributed by atoms with Crippen molar-refractivity contribution in [3.63, 3.8) is 0 Å². The predicted molar refractivity (Wildman–Crippen MR) is 67.1 cm³/mol. The maximum absolute atomic E-state index is 14.1. The topological polar surface area (TPSA) is 35.2 Å². The summed E-state index contributed by atoms with van der Waals surface area (Å²) in [4.78, 5) is 0. The summed E-state index contributed by atoms with van der Waals surface area (Å²) in [5.74, 6) is 0.815. The number of ether oxygens (including phenoxy) is 1. The van der Waals surface area contributed by atoms with Crippen LogP contribution in [0.3, 0.4) is 0 Å². The molecule has 1 aliphatic rings. The van der Waals surface area contributed by atoms with Crippen molar-refractivity contribution < 1.29 is 9.13 Å². The molecule has 0 amide bonds. The Labute approximate surface area is 102 Å². The first-order valence-electron chi connectivity index (χ1n) is 6.05. The summed E-state index contributed by atoms with van der Waals surface area (Å²) in [5, 5.41) is 0. The average molecular weight is 237 g/mol. The maximum Gasteiger partial charge on any atom is 0.122 e. The first kappa shape index (κ1) is 12.4. The van der Waals surface area contributed by atoms with Crippen molar-refractivity contribution in [1.29, 1.82) is 0 Å². The number of benzene rings is 1. The average Bonchev–Trinajstić information content (AvgIpc) is 2.66. The normalized spacial score (nSPS) is 32.7. The SMILES string of the molecule is COc1ccccc1C1(CN)CCC(C)(F)C1. The van der Waals surface area contributed by atoms with Crippen molar-refractivity contribution in [2.75, 3.05) is 13.7 Å². The van der Waals surface area contributed by atoms with Crippen molar-refractivity contribution in [3.8, 4) is 5.75 Å². The molecule has 0 heterocycles. The van der Waals surface area contributed by atoms with Gasteiger partial charge in [0.05, 0.1) is 7.11 Å². The second kappa shape index (κ2) is 4.30. The third-order valence-electron chi connectivity index (χ3n) is 3.90. The van der Waals surface area contributed by atoms with Gasteiger partial charge in [0.25, 0.3) is 0 Å². The molecule has 17 heavy (non-hydrogen) atoms. The number of methoxy groups -OCH3 is 1. The summed E-state index contributed by atoms with van der Waals surface area (Å²) in [7, 11) is 1.65. The minimum atomic E-state index is -1.11. The molecule has 0 spiro atoms. The third-order valence-corrected chi connectivity index (χ3v) is 3.90. The first-order chi connectivity index (χ1) is 8.03. The standard InChI is InChI=1S/C14H20FNO/c1-13(15)7-8-14(9-13,10-16)11-5-3-4-6-12(11)17-2/h3-6H,7-10,16H2,1-2H3. The van der Waals surface area contributed by atoms with Gasteiger partial charge in [-0.1, -0.05) is 18.2 Å². The van der Waals surface area contributed by atoms with Crippen LogP contribution >= 0.6 is 0 Å². The molecule has 0 aromatic heterocycles. The second-order valence-corrected chi connectivity index (χ2v) is 5.27. The number of alkyl halides is 1. The van der Waals surface area contributed by atoms with Crippen molar-refractivity contribution in [2.45, 2.75) is 37.3 Å². The summed E-state index contributed by atoms with van der Waals surface area (Å²) >= 11 is 0. The lowest BCUT2D eigenvalue weighted by atomic mass is 9.77. The van der Waals surface area contributed by atoms with Crippen molar-refractivity contribution in [2.24, 2.45) is 5.73 Å². The fraction of sp³-hybridized carbons (Fsp3) is 0.571. The molecule has 1 aliphatic carbocycles. The molecule has 2 unspecified atom stereocenters. The molecule has 1 fully saturated rings. The number of hydrogen-bond acceptors (Lipinski definition) is 2. The quantitative estimate of drug-likeness (QED) is 0.877. The summed E-state index contributed by atoms with van der Waals surface area (Å²) in [5.41, 5.74) is 5.59. The Balaban J connectivity index is 2.42. The van der Waals surface area contributed by atoms with Crippen LogP contribution in [-0.2, 0) is 5.41 Å². The zero-order valence-electron chi connectivity index (χ0n) is 10.5. The van der Waals surface area contributed by atoms with E-state index >= 15 is 0 Å². The summed E-state index contributed by atoms with van der Waals surface area (Å²) < 4.78 is 19.5. The van der Waals surface area contributed by atoms with Crippen LogP contribution in [0, 0.1) is 0 Å². The molecule has 1 aromatic rings. The molecule has 0 saturated heterocycles. The lowest BCUT2D eigenvalue weighted by molar-refractivity contribution is 0.186. The van der Waals surface area contributed by atoms with Crippen LogP contribution in [0.25, 0.3) is 0 Å². The van der Waals surface area contributed by atoms with Gasteiger partial charge in [0.15, 0.2) is 0 Å². The number of rotatable bonds is 3. The zero-order chi connectivity index (χ0) is 12.5. The molecule has 2 nitrogen and oxygen atoms in total. The molecule has 0 radical (unpaired) electrons.